The van der Waals surface area contributed by atoms with E-state index in [9.17, 15) is 9.59 Å². The number of carbonyl (C=O) groups excluding carboxylic acids is 1. The van der Waals surface area contributed by atoms with Crippen LogP contribution >= 0.6 is 0 Å². The van der Waals surface area contributed by atoms with E-state index in [-0.39, 0.29) is 18.2 Å². The summed E-state index contributed by atoms with van der Waals surface area (Å²) in [5.74, 6) is -0.685. The number of piperidine rings is 1. The third-order valence-corrected chi connectivity index (χ3v) is 3.78. The van der Waals surface area contributed by atoms with Gasteiger partial charge in [-0.05, 0) is 36.5 Å². The molecule has 1 aromatic carbocycles. The van der Waals surface area contributed by atoms with E-state index in [4.69, 9.17) is 10.2 Å². The molecule has 1 aromatic rings. The van der Waals surface area contributed by atoms with Crippen molar-refractivity contribution >= 4 is 12.0 Å². The molecule has 0 aliphatic carbocycles. The van der Waals surface area contributed by atoms with Crippen LogP contribution in [-0.2, 0) is 6.54 Å². The Balaban J connectivity index is 1.84. The first kappa shape index (κ1) is 15.3. The number of likely N-dealkylation sites (tertiary alicyclic amines) is 1. The molecule has 114 valence electrons. The lowest BCUT2D eigenvalue weighted by molar-refractivity contribution is 0.0696. The second-order valence-electron chi connectivity index (χ2n) is 5.28. The average Bonchev–Trinajstić information content (AvgIpc) is 2.53. The number of amides is 2. The molecule has 0 aromatic heterocycles. The Labute approximate surface area is 123 Å². The zero-order valence-electron chi connectivity index (χ0n) is 11.8. The quantitative estimate of drug-likeness (QED) is 0.780. The molecular weight excluding hydrogens is 272 g/mol. The van der Waals surface area contributed by atoms with Crippen molar-refractivity contribution in [1.29, 1.82) is 0 Å². The van der Waals surface area contributed by atoms with Gasteiger partial charge in [-0.3, -0.25) is 0 Å². The summed E-state index contributed by atoms with van der Waals surface area (Å²) in [6.07, 6.45) is 1.64. The van der Waals surface area contributed by atoms with Crippen LogP contribution in [0.1, 0.15) is 28.8 Å². The Hall–Kier alpha value is -2.08. The lowest BCUT2D eigenvalue weighted by Crippen LogP contribution is -2.44. The van der Waals surface area contributed by atoms with Gasteiger partial charge in [0.05, 0.1) is 5.56 Å². The Morgan fingerprint density at radius 2 is 2.00 bits per heavy atom. The topological polar surface area (TPSA) is 89.9 Å². The van der Waals surface area contributed by atoms with Crippen LogP contribution in [0.5, 0.6) is 0 Å². The van der Waals surface area contributed by atoms with Crippen molar-refractivity contribution in [3.05, 3.63) is 35.4 Å². The molecule has 2 amide bonds. The predicted octanol–water partition coefficient (Wildman–Crippen LogP) is 1.30. The molecule has 1 saturated heterocycles. The van der Waals surface area contributed by atoms with Gasteiger partial charge in [0.15, 0.2) is 0 Å². The molecule has 0 unspecified atom stereocenters. The normalized spacial score (nSPS) is 15.8. The summed E-state index contributed by atoms with van der Waals surface area (Å²) in [6.45, 7) is 1.77. The minimum absolute atomic E-state index is 0.146. The number of aromatic carboxylic acids is 1. The highest BCUT2D eigenvalue weighted by Gasteiger charge is 2.21. The number of rotatable bonds is 4. The number of aliphatic hydroxyl groups is 1. The van der Waals surface area contributed by atoms with E-state index in [0.29, 0.717) is 25.6 Å². The summed E-state index contributed by atoms with van der Waals surface area (Å²) in [5.41, 5.74) is 0.971. The van der Waals surface area contributed by atoms with Crippen molar-refractivity contribution in [2.24, 2.45) is 5.92 Å². The number of carbonyl (C=O) groups is 2. The Bertz CT molecular complexity index is 510. The van der Waals surface area contributed by atoms with Gasteiger partial charge in [-0.15, -0.1) is 0 Å². The van der Waals surface area contributed by atoms with E-state index < -0.39 is 5.97 Å². The second-order valence-corrected chi connectivity index (χ2v) is 5.28. The van der Waals surface area contributed by atoms with E-state index in [1.807, 2.05) is 0 Å². The van der Waals surface area contributed by atoms with E-state index in [0.717, 1.165) is 18.4 Å². The fourth-order valence-electron chi connectivity index (χ4n) is 2.42. The highest BCUT2D eigenvalue weighted by molar-refractivity contribution is 5.87. The van der Waals surface area contributed by atoms with Crippen molar-refractivity contribution in [3.63, 3.8) is 0 Å². The lowest BCUT2D eigenvalue weighted by Gasteiger charge is -2.31. The molecule has 0 bridgehead atoms. The maximum atomic E-state index is 12.0. The predicted molar refractivity (Wildman–Crippen MR) is 77.0 cm³/mol. The van der Waals surface area contributed by atoms with Crippen molar-refractivity contribution in [1.82, 2.24) is 10.2 Å². The smallest absolute Gasteiger partial charge is 0.335 e. The Kier molecular flexibility index (Phi) is 5.16. The second kappa shape index (κ2) is 7.08. The minimum Gasteiger partial charge on any atom is -0.478 e. The van der Waals surface area contributed by atoms with E-state index in [1.54, 1.807) is 23.1 Å². The third kappa shape index (κ3) is 4.19. The summed E-state index contributed by atoms with van der Waals surface area (Å²) < 4.78 is 0. The average molecular weight is 292 g/mol. The van der Waals surface area contributed by atoms with Crippen LogP contribution in [0.3, 0.4) is 0 Å². The van der Waals surface area contributed by atoms with Gasteiger partial charge in [-0.2, -0.15) is 0 Å². The van der Waals surface area contributed by atoms with E-state index >= 15 is 0 Å². The van der Waals surface area contributed by atoms with Crippen molar-refractivity contribution < 1.29 is 19.8 Å². The first-order chi connectivity index (χ1) is 10.1. The molecule has 1 fully saturated rings. The maximum Gasteiger partial charge on any atom is 0.335 e. The zero-order valence-corrected chi connectivity index (χ0v) is 11.8. The van der Waals surface area contributed by atoms with Crippen LogP contribution in [0.25, 0.3) is 0 Å². The van der Waals surface area contributed by atoms with Gasteiger partial charge in [0, 0.05) is 26.2 Å². The first-order valence-electron chi connectivity index (χ1n) is 7.06. The molecular formula is C15H20N2O4. The van der Waals surface area contributed by atoms with Crippen LogP contribution in [0, 0.1) is 5.92 Å². The lowest BCUT2D eigenvalue weighted by atomic mass is 9.98. The number of aliphatic hydroxyl groups excluding tert-OH is 1. The molecule has 0 spiro atoms. The number of carboxylic acid groups (broad SMARTS) is 1. The molecule has 0 saturated carbocycles. The summed E-state index contributed by atoms with van der Waals surface area (Å²) in [6, 6.07) is 6.38. The van der Waals surface area contributed by atoms with Crippen molar-refractivity contribution in [2.75, 3.05) is 19.7 Å². The number of nitrogens with one attached hydrogen (secondary N) is 1. The van der Waals surface area contributed by atoms with Crippen LogP contribution in [0.4, 0.5) is 4.79 Å². The molecule has 1 heterocycles. The highest BCUT2D eigenvalue weighted by Crippen LogP contribution is 2.16. The molecule has 6 nitrogen and oxygen atoms in total. The fraction of sp³-hybridized carbons (Fsp3) is 0.467. The number of nitrogens with zero attached hydrogens (tertiary/aromatic N) is 1. The van der Waals surface area contributed by atoms with Gasteiger partial charge in [0.25, 0.3) is 0 Å². The van der Waals surface area contributed by atoms with Crippen LogP contribution in [-0.4, -0.2) is 46.8 Å². The summed E-state index contributed by atoms with van der Waals surface area (Å²) in [4.78, 5) is 24.6. The summed E-state index contributed by atoms with van der Waals surface area (Å²) in [5, 5.41) is 20.8. The molecule has 0 atom stereocenters. The number of carboxylic acids is 1. The van der Waals surface area contributed by atoms with Gasteiger partial charge >= 0.3 is 12.0 Å². The van der Waals surface area contributed by atoms with Gasteiger partial charge < -0.3 is 20.4 Å². The molecule has 1 aliphatic heterocycles. The van der Waals surface area contributed by atoms with Crippen molar-refractivity contribution in [2.45, 2.75) is 19.4 Å². The highest BCUT2D eigenvalue weighted by atomic mass is 16.4. The van der Waals surface area contributed by atoms with Crippen LogP contribution in [0.2, 0.25) is 0 Å². The molecule has 3 N–H and O–H groups in total. The van der Waals surface area contributed by atoms with Gasteiger partial charge in [0.1, 0.15) is 0 Å². The van der Waals surface area contributed by atoms with Crippen LogP contribution in [0.15, 0.2) is 24.3 Å². The largest absolute Gasteiger partial charge is 0.478 e. The fourth-order valence-corrected chi connectivity index (χ4v) is 2.42. The number of benzene rings is 1. The summed E-state index contributed by atoms with van der Waals surface area (Å²) >= 11 is 0. The monoisotopic (exact) mass is 292 g/mol. The van der Waals surface area contributed by atoms with E-state index in [2.05, 4.69) is 5.32 Å². The third-order valence-electron chi connectivity index (χ3n) is 3.78. The standard InChI is InChI=1S/C15H20N2O4/c18-10-11-4-6-17(7-5-11)15(21)16-9-12-2-1-3-13(8-12)14(19)20/h1-3,8,11,18H,4-7,9-10H2,(H,16,21)(H,19,20). The molecule has 6 heteroatoms. The summed E-state index contributed by atoms with van der Waals surface area (Å²) in [7, 11) is 0. The Morgan fingerprint density at radius 3 is 2.62 bits per heavy atom. The van der Waals surface area contributed by atoms with Gasteiger partial charge in [-0.25, -0.2) is 9.59 Å². The number of hydrogen-bond acceptors (Lipinski definition) is 3. The van der Waals surface area contributed by atoms with Gasteiger partial charge in [-0.1, -0.05) is 12.1 Å². The van der Waals surface area contributed by atoms with Crippen LogP contribution < -0.4 is 5.32 Å². The zero-order chi connectivity index (χ0) is 15.2. The molecule has 21 heavy (non-hydrogen) atoms. The van der Waals surface area contributed by atoms with Crippen molar-refractivity contribution in [3.8, 4) is 0 Å². The first-order valence-corrected chi connectivity index (χ1v) is 7.06. The Morgan fingerprint density at radius 1 is 1.29 bits per heavy atom. The number of hydrogen-bond donors (Lipinski definition) is 3. The maximum absolute atomic E-state index is 12.0. The molecule has 2 rings (SSSR count). The van der Waals surface area contributed by atoms with E-state index in [1.165, 1.54) is 6.07 Å². The minimum atomic E-state index is -0.978. The SMILES string of the molecule is O=C(O)c1cccc(CNC(=O)N2CCC(CO)CC2)c1. The number of urea groups is 1. The van der Waals surface area contributed by atoms with Gasteiger partial charge in [0.2, 0.25) is 0 Å². The molecule has 0 radical (unpaired) electrons. The molecule has 1 aliphatic rings.